The van der Waals surface area contributed by atoms with Gasteiger partial charge in [-0.1, -0.05) is 60.7 Å². The first-order valence-electron chi connectivity index (χ1n) is 9.82. The molecular weight excluding hydrogens is 412 g/mol. The van der Waals surface area contributed by atoms with E-state index in [9.17, 15) is 4.79 Å². The first-order chi connectivity index (χ1) is 14.7. The van der Waals surface area contributed by atoms with Crippen LogP contribution in [-0.2, 0) is 19.5 Å². The second-order valence-corrected chi connectivity index (χ2v) is 9.30. The van der Waals surface area contributed by atoms with E-state index < -0.39 is 0 Å². The highest BCUT2D eigenvalue weighted by atomic mass is 32.1. The molecule has 0 saturated carbocycles. The number of carbonyl (C=O) groups is 1. The zero-order chi connectivity index (χ0) is 20.3. The van der Waals surface area contributed by atoms with Crippen molar-refractivity contribution in [2.75, 3.05) is 11.9 Å². The molecular formula is C23H20N4OS2. The van der Waals surface area contributed by atoms with Crippen molar-refractivity contribution in [2.45, 2.75) is 19.5 Å². The fraction of sp³-hybridized carbons (Fsp3) is 0.174. The van der Waals surface area contributed by atoms with Crippen LogP contribution in [0.3, 0.4) is 0 Å². The molecule has 2 aromatic heterocycles. The van der Waals surface area contributed by atoms with E-state index in [-0.39, 0.29) is 5.91 Å². The Kier molecular flexibility index (Phi) is 5.40. The molecule has 2 aromatic carbocycles. The first-order valence-corrected chi connectivity index (χ1v) is 11.5. The summed E-state index contributed by atoms with van der Waals surface area (Å²) in [7, 11) is 0. The third kappa shape index (κ3) is 4.18. The average molecular weight is 433 g/mol. The highest BCUT2D eigenvalue weighted by molar-refractivity contribution is 7.17. The van der Waals surface area contributed by atoms with Crippen molar-refractivity contribution in [3.63, 3.8) is 0 Å². The summed E-state index contributed by atoms with van der Waals surface area (Å²) in [5, 5.41) is 4.48. The van der Waals surface area contributed by atoms with Gasteiger partial charge >= 0.3 is 0 Å². The van der Waals surface area contributed by atoms with Crippen LogP contribution in [-0.4, -0.2) is 27.3 Å². The number of nitrogens with zero attached hydrogens (tertiary/aromatic N) is 3. The maximum absolute atomic E-state index is 12.7. The molecule has 0 atom stereocenters. The molecule has 7 heteroatoms. The van der Waals surface area contributed by atoms with Crippen LogP contribution < -0.4 is 5.32 Å². The molecule has 1 aliphatic heterocycles. The maximum Gasteiger partial charge on any atom is 0.269 e. The van der Waals surface area contributed by atoms with E-state index in [0.717, 1.165) is 42.3 Å². The van der Waals surface area contributed by atoms with E-state index in [1.807, 2.05) is 36.4 Å². The van der Waals surface area contributed by atoms with Crippen LogP contribution in [0.5, 0.6) is 0 Å². The lowest BCUT2D eigenvalue weighted by Gasteiger charge is -2.25. The van der Waals surface area contributed by atoms with Crippen LogP contribution in [0.4, 0.5) is 5.13 Å². The molecule has 0 aliphatic carbocycles. The van der Waals surface area contributed by atoms with Gasteiger partial charge in [0.25, 0.3) is 5.91 Å². The Balaban J connectivity index is 1.25. The zero-order valence-electron chi connectivity index (χ0n) is 16.2. The maximum atomic E-state index is 12.7. The first kappa shape index (κ1) is 19.1. The normalized spacial score (nSPS) is 13.7. The van der Waals surface area contributed by atoms with Gasteiger partial charge in [0.1, 0.15) is 9.88 Å². The smallest absolute Gasteiger partial charge is 0.269 e. The topological polar surface area (TPSA) is 58.1 Å². The van der Waals surface area contributed by atoms with Crippen molar-refractivity contribution in [3.8, 4) is 10.6 Å². The number of amides is 1. The molecule has 0 bridgehead atoms. The van der Waals surface area contributed by atoms with Crippen LogP contribution in [0.2, 0.25) is 0 Å². The molecule has 1 amide bonds. The molecule has 3 heterocycles. The fourth-order valence-corrected chi connectivity index (χ4v) is 5.39. The number of thiazole rings is 2. The number of hydrogen-bond donors (Lipinski definition) is 1. The summed E-state index contributed by atoms with van der Waals surface area (Å²) in [6.45, 7) is 2.79. The van der Waals surface area contributed by atoms with Gasteiger partial charge in [-0.05, 0) is 5.56 Å². The fourth-order valence-electron chi connectivity index (χ4n) is 3.53. The van der Waals surface area contributed by atoms with Crippen LogP contribution in [0, 0.1) is 0 Å². The lowest BCUT2D eigenvalue weighted by molar-refractivity contribution is 0.103. The standard InChI is InChI=1S/C23H20N4OS2/c28-21(19-13-24-22(29-19)17-9-5-2-6-10-17)26-23-25-18-11-12-27(15-20(18)30-23)14-16-7-3-1-4-8-16/h1-10,13H,11-12,14-15H2,(H,25,26,28). The van der Waals surface area contributed by atoms with Gasteiger partial charge in [0.2, 0.25) is 0 Å². The molecule has 0 unspecified atom stereocenters. The number of anilines is 1. The van der Waals surface area contributed by atoms with Crippen molar-refractivity contribution in [1.82, 2.24) is 14.9 Å². The number of nitrogens with one attached hydrogen (secondary N) is 1. The molecule has 5 nitrogen and oxygen atoms in total. The molecule has 1 aliphatic rings. The minimum Gasteiger partial charge on any atom is -0.297 e. The van der Waals surface area contributed by atoms with Gasteiger partial charge in [0.05, 0.1) is 11.9 Å². The highest BCUT2D eigenvalue weighted by Gasteiger charge is 2.22. The van der Waals surface area contributed by atoms with Crippen LogP contribution in [0.1, 0.15) is 25.8 Å². The summed E-state index contributed by atoms with van der Waals surface area (Å²) >= 11 is 2.97. The molecule has 4 aromatic rings. The van der Waals surface area contributed by atoms with Gasteiger partial charge in [-0.3, -0.25) is 15.0 Å². The van der Waals surface area contributed by atoms with E-state index in [0.29, 0.717) is 10.0 Å². The summed E-state index contributed by atoms with van der Waals surface area (Å²) in [6.07, 6.45) is 2.55. The Hall–Kier alpha value is -2.87. The van der Waals surface area contributed by atoms with Gasteiger partial charge in [-0.15, -0.1) is 22.7 Å². The molecule has 0 saturated heterocycles. The molecule has 1 N–H and O–H groups in total. The van der Waals surface area contributed by atoms with Crippen molar-refractivity contribution in [1.29, 1.82) is 0 Å². The van der Waals surface area contributed by atoms with E-state index in [2.05, 4.69) is 44.5 Å². The Morgan fingerprint density at radius 1 is 1.03 bits per heavy atom. The second kappa shape index (κ2) is 8.47. The number of carbonyl (C=O) groups excluding carboxylic acids is 1. The third-order valence-corrected chi connectivity index (χ3v) is 7.07. The Morgan fingerprint density at radius 2 is 1.80 bits per heavy atom. The van der Waals surface area contributed by atoms with Crippen LogP contribution in [0.25, 0.3) is 10.6 Å². The molecule has 150 valence electrons. The number of hydrogen-bond acceptors (Lipinski definition) is 6. The largest absolute Gasteiger partial charge is 0.297 e. The SMILES string of the molecule is O=C(Nc1nc2c(s1)CN(Cc1ccccc1)CC2)c1cnc(-c2ccccc2)s1. The van der Waals surface area contributed by atoms with Crippen molar-refractivity contribution in [3.05, 3.63) is 87.9 Å². The highest BCUT2D eigenvalue weighted by Crippen LogP contribution is 2.30. The lowest BCUT2D eigenvalue weighted by Crippen LogP contribution is -2.29. The van der Waals surface area contributed by atoms with Crippen LogP contribution >= 0.6 is 22.7 Å². The molecule has 0 spiro atoms. The van der Waals surface area contributed by atoms with Gasteiger partial charge in [0, 0.05) is 36.5 Å². The Labute approximate surface area is 183 Å². The Morgan fingerprint density at radius 3 is 2.60 bits per heavy atom. The number of fused-ring (bicyclic) bond motifs is 1. The molecule has 0 radical (unpaired) electrons. The van der Waals surface area contributed by atoms with Crippen LogP contribution in [0.15, 0.2) is 66.9 Å². The monoisotopic (exact) mass is 432 g/mol. The minimum atomic E-state index is -0.151. The molecule has 0 fully saturated rings. The molecule has 5 rings (SSSR count). The van der Waals surface area contributed by atoms with Gasteiger partial charge in [-0.25, -0.2) is 9.97 Å². The minimum absolute atomic E-state index is 0.151. The zero-order valence-corrected chi connectivity index (χ0v) is 17.9. The summed E-state index contributed by atoms with van der Waals surface area (Å²) in [6, 6.07) is 20.4. The van der Waals surface area contributed by atoms with E-state index in [4.69, 9.17) is 0 Å². The summed E-state index contributed by atoms with van der Waals surface area (Å²) in [5.74, 6) is -0.151. The average Bonchev–Trinajstić information content (AvgIpc) is 3.42. The van der Waals surface area contributed by atoms with E-state index in [1.165, 1.54) is 21.8 Å². The van der Waals surface area contributed by atoms with Gasteiger partial charge in [-0.2, -0.15) is 0 Å². The van der Waals surface area contributed by atoms with Crippen molar-refractivity contribution in [2.24, 2.45) is 0 Å². The summed E-state index contributed by atoms with van der Waals surface area (Å²) in [5.41, 5.74) is 3.44. The predicted molar refractivity (Wildman–Crippen MR) is 122 cm³/mol. The number of aromatic nitrogens is 2. The van der Waals surface area contributed by atoms with Crippen molar-refractivity contribution < 1.29 is 4.79 Å². The quantitative estimate of drug-likeness (QED) is 0.478. The number of rotatable bonds is 5. The van der Waals surface area contributed by atoms with Crippen molar-refractivity contribution >= 4 is 33.7 Å². The third-order valence-electron chi connectivity index (χ3n) is 5.03. The molecule has 30 heavy (non-hydrogen) atoms. The summed E-state index contributed by atoms with van der Waals surface area (Å²) in [4.78, 5) is 26.0. The van der Waals surface area contributed by atoms with Gasteiger partial charge in [0.15, 0.2) is 5.13 Å². The predicted octanol–water partition coefficient (Wildman–Crippen LogP) is 5.08. The second-order valence-electron chi connectivity index (χ2n) is 7.18. The number of benzene rings is 2. The summed E-state index contributed by atoms with van der Waals surface area (Å²) < 4.78 is 0. The van der Waals surface area contributed by atoms with Gasteiger partial charge < -0.3 is 0 Å². The van der Waals surface area contributed by atoms with E-state index >= 15 is 0 Å². The van der Waals surface area contributed by atoms with E-state index in [1.54, 1.807) is 17.5 Å². The Bertz CT molecular complexity index is 1150. The lowest BCUT2D eigenvalue weighted by atomic mass is 10.1.